The Bertz CT molecular complexity index is 464. The first-order chi connectivity index (χ1) is 8.40. The number of carbonyl (C=O) groups is 1. The van der Waals surface area contributed by atoms with Gasteiger partial charge < -0.3 is 5.11 Å². The molecule has 0 unspecified atom stereocenters. The zero-order valence-electron chi connectivity index (χ0n) is 9.80. The van der Waals surface area contributed by atoms with Crippen molar-refractivity contribution in [2.75, 3.05) is 20.1 Å². The van der Waals surface area contributed by atoms with Crippen LogP contribution in [-0.2, 0) is 11.2 Å². The molecule has 0 radical (unpaired) electrons. The van der Waals surface area contributed by atoms with Crippen molar-refractivity contribution in [2.45, 2.75) is 6.42 Å². The van der Waals surface area contributed by atoms with Gasteiger partial charge in [0.15, 0.2) is 0 Å². The van der Waals surface area contributed by atoms with Crippen LogP contribution in [0.25, 0.3) is 0 Å². The molecule has 0 aliphatic carbocycles. The number of hydrogen-bond donors (Lipinski definition) is 1. The lowest BCUT2D eigenvalue weighted by atomic mass is 10.1. The number of benzene rings is 1. The standard InChI is InChI=1S/C11H13FN2O4/c1-13(7-11(15)16)5-4-8-2-3-9(12)6-10(8)14(17)18/h2-3,6H,4-5,7H2,1H3,(H,15,16). The molecule has 18 heavy (non-hydrogen) atoms. The number of hydrogen-bond acceptors (Lipinski definition) is 4. The molecule has 1 rings (SSSR count). The van der Waals surface area contributed by atoms with Crippen molar-refractivity contribution in [1.29, 1.82) is 0 Å². The largest absolute Gasteiger partial charge is 0.480 e. The van der Waals surface area contributed by atoms with Gasteiger partial charge in [0.05, 0.1) is 17.5 Å². The molecule has 0 bridgehead atoms. The maximum atomic E-state index is 12.9. The van der Waals surface area contributed by atoms with Crippen molar-refractivity contribution in [3.05, 3.63) is 39.7 Å². The average Bonchev–Trinajstić information content (AvgIpc) is 2.26. The number of nitro benzene ring substituents is 1. The fourth-order valence-corrected chi connectivity index (χ4v) is 1.54. The predicted octanol–water partition coefficient (Wildman–Crippen LogP) is 1.29. The van der Waals surface area contributed by atoms with Gasteiger partial charge >= 0.3 is 5.97 Å². The van der Waals surface area contributed by atoms with E-state index in [1.807, 2.05) is 0 Å². The molecule has 7 heteroatoms. The summed E-state index contributed by atoms with van der Waals surface area (Å²) in [6.45, 7) is 0.202. The van der Waals surface area contributed by atoms with Crippen LogP contribution >= 0.6 is 0 Å². The highest BCUT2D eigenvalue weighted by Gasteiger charge is 2.15. The Morgan fingerprint density at radius 1 is 1.56 bits per heavy atom. The summed E-state index contributed by atoms with van der Waals surface area (Å²) >= 11 is 0. The molecule has 0 saturated heterocycles. The van der Waals surface area contributed by atoms with E-state index >= 15 is 0 Å². The summed E-state index contributed by atoms with van der Waals surface area (Å²) in [5.74, 6) is -1.63. The van der Waals surface area contributed by atoms with Gasteiger partial charge in [-0.1, -0.05) is 0 Å². The monoisotopic (exact) mass is 256 g/mol. The molecule has 0 spiro atoms. The summed E-state index contributed by atoms with van der Waals surface area (Å²) in [5.41, 5.74) is 0.109. The quantitative estimate of drug-likeness (QED) is 0.612. The molecule has 0 aliphatic heterocycles. The Labute approximate surface area is 103 Å². The predicted molar refractivity (Wildman–Crippen MR) is 61.9 cm³/mol. The van der Waals surface area contributed by atoms with Gasteiger partial charge in [0, 0.05) is 12.1 Å². The van der Waals surface area contributed by atoms with Gasteiger partial charge in [-0.05, 0) is 25.6 Å². The minimum atomic E-state index is -0.967. The minimum absolute atomic E-state index is 0.144. The first-order valence-corrected chi connectivity index (χ1v) is 5.23. The number of halogens is 1. The molecule has 0 saturated carbocycles. The molecule has 0 aromatic heterocycles. The Morgan fingerprint density at radius 3 is 2.78 bits per heavy atom. The lowest BCUT2D eigenvalue weighted by Gasteiger charge is -2.13. The molecule has 1 N–H and O–H groups in total. The first kappa shape index (κ1) is 14.0. The van der Waals surface area contributed by atoms with Crippen LogP contribution in [0, 0.1) is 15.9 Å². The smallest absolute Gasteiger partial charge is 0.317 e. The van der Waals surface area contributed by atoms with E-state index in [1.165, 1.54) is 11.0 Å². The second kappa shape index (κ2) is 6.06. The average molecular weight is 256 g/mol. The molecule has 0 aliphatic rings. The Kier molecular flexibility index (Phi) is 4.73. The van der Waals surface area contributed by atoms with Crippen LogP contribution in [0.5, 0.6) is 0 Å². The van der Waals surface area contributed by atoms with Crippen molar-refractivity contribution < 1.29 is 19.2 Å². The van der Waals surface area contributed by atoms with Crippen molar-refractivity contribution in [2.24, 2.45) is 0 Å². The fourth-order valence-electron chi connectivity index (χ4n) is 1.54. The van der Waals surface area contributed by atoms with Gasteiger partial charge in [0.1, 0.15) is 5.82 Å². The molecule has 0 atom stereocenters. The summed E-state index contributed by atoms with van der Waals surface area (Å²) < 4.78 is 12.9. The van der Waals surface area contributed by atoms with E-state index in [0.29, 0.717) is 18.5 Å². The summed E-state index contributed by atoms with van der Waals surface area (Å²) in [7, 11) is 1.60. The highest BCUT2D eigenvalue weighted by molar-refractivity contribution is 5.69. The summed E-state index contributed by atoms with van der Waals surface area (Å²) in [5, 5.41) is 19.3. The molecule has 98 valence electrons. The normalized spacial score (nSPS) is 10.6. The van der Waals surface area contributed by atoms with Crippen LogP contribution in [-0.4, -0.2) is 41.0 Å². The van der Waals surface area contributed by atoms with Crippen molar-refractivity contribution in [3.8, 4) is 0 Å². The number of rotatable bonds is 6. The lowest BCUT2D eigenvalue weighted by molar-refractivity contribution is -0.385. The number of nitro groups is 1. The third-order valence-electron chi connectivity index (χ3n) is 2.41. The summed E-state index contributed by atoms with van der Waals surface area (Å²) in [4.78, 5) is 22.0. The Balaban J connectivity index is 2.72. The molecule has 6 nitrogen and oxygen atoms in total. The number of carboxylic acids is 1. The molecule has 0 amide bonds. The lowest BCUT2D eigenvalue weighted by Crippen LogP contribution is -2.27. The van der Waals surface area contributed by atoms with Crippen molar-refractivity contribution >= 4 is 11.7 Å². The number of nitrogens with zero attached hydrogens (tertiary/aromatic N) is 2. The number of likely N-dealkylation sites (N-methyl/N-ethyl adjacent to an activating group) is 1. The maximum Gasteiger partial charge on any atom is 0.317 e. The van der Waals surface area contributed by atoms with E-state index in [9.17, 15) is 19.3 Å². The molecular formula is C11H13FN2O4. The molecule has 0 fully saturated rings. The van der Waals surface area contributed by atoms with Gasteiger partial charge in [-0.25, -0.2) is 4.39 Å². The van der Waals surface area contributed by atoms with Crippen molar-refractivity contribution in [1.82, 2.24) is 4.90 Å². The zero-order valence-corrected chi connectivity index (χ0v) is 9.80. The van der Waals surface area contributed by atoms with Crippen LogP contribution in [0.1, 0.15) is 5.56 Å². The van der Waals surface area contributed by atoms with Crippen LogP contribution in [0.2, 0.25) is 0 Å². The third-order valence-corrected chi connectivity index (χ3v) is 2.41. The van der Waals surface area contributed by atoms with Crippen LogP contribution in [0.3, 0.4) is 0 Å². The molecule has 1 aromatic carbocycles. The topological polar surface area (TPSA) is 83.7 Å². The second-order valence-electron chi connectivity index (χ2n) is 3.91. The fraction of sp³-hybridized carbons (Fsp3) is 0.364. The van der Waals surface area contributed by atoms with Crippen LogP contribution in [0.4, 0.5) is 10.1 Å². The van der Waals surface area contributed by atoms with Gasteiger partial charge in [0.25, 0.3) is 5.69 Å². The van der Waals surface area contributed by atoms with E-state index in [2.05, 4.69) is 0 Å². The van der Waals surface area contributed by atoms with Gasteiger partial charge in [-0.3, -0.25) is 19.8 Å². The zero-order chi connectivity index (χ0) is 13.7. The Morgan fingerprint density at radius 2 is 2.22 bits per heavy atom. The first-order valence-electron chi connectivity index (χ1n) is 5.23. The molecule has 1 aromatic rings. The highest BCUT2D eigenvalue weighted by atomic mass is 19.1. The van der Waals surface area contributed by atoms with E-state index in [-0.39, 0.29) is 12.2 Å². The summed E-state index contributed by atoms with van der Waals surface area (Å²) in [6.07, 6.45) is 0.292. The number of aliphatic carboxylic acids is 1. The maximum absolute atomic E-state index is 12.9. The van der Waals surface area contributed by atoms with E-state index in [0.717, 1.165) is 12.1 Å². The van der Waals surface area contributed by atoms with Gasteiger partial charge in [-0.2, -0.15) is 0 Å². The van der Waals surface area contributed by atoms with Gasteiger partial charge in [-0.15, -0.1) is 0 Å². The third kappa shape index (κ3) is 4.10. The van der Waals surface area contributed by atoms with Crippen molar-refractivity contribution in [3.63, 3.8) is 0 Å². The Hall–Kier alpha value is -2.02. The highest BCUT2D eigenvalue weighted by Crippen LogP contribution is 2.20. The van der Waals surface area contributed by atoms with E-state index in [1.54, 1.807) is 7.05 Å². The van der Waals surface area contributed by atoms with E-state index in [4.69, 9.17) is 5.11 Å². The minimum Gasteiger partial charge on any atom is -0.480 e. The number of carboxylic acid groups (broad SMARTS) is 1. The SMILES string of the molecule is CN(CCc1ccc(F)cc1[N+](=O)[O-])CC(=O)O. The van der Waals surface area contributed by atoms with E-state index < -0.39 is 16.7 Å². The van der Waals surface area contributed by atoms with Crippen LogP contribution < -0.4 is 0 Å². The molecular weight excluding hydrogens is 243 g/mol. The van der Waals surface area contributed by atoms with Gasteiger partial charge in [0.2, 0.25) is 0 Å². The molecule has 0 heterocycles. The second-order valence-corrected chi connectivity index (χ2v) is 3.91. The summed E-state index contributed by atoms with van der Waals surface area (Å²) in [6, 6.07) is 3.37. The van der Waals surface area contributed by atoms with Crippen LogP contribution in [0.15, 0.2) is 18.2 Å².